The largest absolute Gasteiger partial charge is 0.465 e. The van der Waals surface area contributed by atoms with Crippen molar-refractivity contribution in [1.29, 1.82) is 0 Å². The highest BCUT2D eigenvalue weighted by molar-refractivity contribution is 5.98. The molecule has 0 saturated carbocycles. The highest BCUT2D eigenvalue weighted by Gasteiger charge is 2.14. The van der Waals surface area contributed by atoms with Gasteiger partial charge in [-0.3, -0.25) is 9.78 Å². The lowest BCUT2D eigenvalue weighted by molar-refractivity contribution is -0.116. The Bertz CT molecular complexity index is 984. The van der Waals surface area contributed by atoms with Crippen LogP contribution in [0.2, 0.25) is 0 Å². The number of nitrogens with one attached hydrogen (secondary N) is 1. The maximum Gasteiger partial charge on any atom is 0.338 e. The molecule has 0 radical (unpaired) electrons. The third-order valence-electron chi connectivity index (χ3n) is 4.34. The molecule has 1 N–H and O–H groups in total. The van der Waals surface area contributed by atoms with Crippen molar-refractivity contribution in [1.82, 2.24) is 4.98 Å². The second-order valence-corrected chi connectivity index (χ2v) is 6.49. The van der Waals surface area contributed by atoms with Crippen LogP contribution in [-0.4, -0.2) is 24.0 Å². The Balaban J connectivity index is 1.79. The van der Waals surface area contributed by atoms with E-state index in [1.165, 1.54) is 7.11 Å². The molecule has 0 aliphatic rings. The third-order valence-corrected chi connectivity index (χ3v) is 4.34. The Hall–Kier alpha value is -3.47. The van der Waals surface area contributed by atoms with Crippen molar-refractivity contribution in [3.8, 4) is 11.1 Å². The zero-order chi connectivity index (χ0) is 19.9. The van der Waals surface area contributed by atoms with E-state index in [0.29, 0.717) is 24.1 Å². The molecule has 0 unspecified atom stereocenters. The van der Waals surface area contributed by atoms with E-state index < -0.39 is 5.97 Å². The minimum atomic E-state index is -0.391. The van der Waals surface area contributed by atoms with Crippen LogP contribution in [0.3, 0.4) is 0 Å². The topological polar surface area (TPSA) is 68.3 Å². The highest BCUT2D eigenvalue weighted by Crippen LogP contribution is 2.28. The number of hydrogen-bond acceptors (Lipinski definition) is 4. The van der Waals surface area contributed by atoms with Gasteiger partial charge in [-0.1, -0.05) is 30.3 Å². The van der Waals surface area contributed by atoms with Crippen LogP contribution in [0.1, 0.15) is 28.0 Å². The van der Waals surface area contributed by atoms with Gasteiger partial charge in [0.05, 0.1) is 12.7 Å². The molecule has 0 atom stereocenters. The second-order valence-electron chi connectivity index (χ2n) is 6.49. The number of ether oxygens (including phenoxy) is 1. The molecule has 2 aromatic carbocycles. The number of hydrogen-bond donors (Lipinski definition) is 1. The molecule has 28 heavy (non-hydrogen) atoms. The normalized spacial score (nSPS) is 10.4. The van der Waals surface area contributed by atoms with Gasteiger partial charge in [-0.25, -0.2) is 4.79 Å². The number of nitrogens with zero attached hydrogens (tertiary/aromatic N) is 1. The molecule has 3 rings (SSSR count). The molecule has 0 aliphatic heterocycles. The fraction of sp³-hybridized carbons (Fsp3) is 0.174. The van der Waals surface area contributed by atoms with Crippen LogP contribution in [0.25, 0.3) is 11.1 Å². The summed E-state index contributed by atoms with van der Waals surface area (Å²) in [4.78, 5) is 28.7. The predicted molar refractivity (Wildman–Crippen MR) is 109 cm³/mol. The predicted octanol–water partition coefficient (Wildman–Crippen LogP) is 4.41. The fourth-order valence-electron chi connectivity index (χ4n) is 3.04. The summed E-state index contributed by atoms with van der Waals surface area (Å²) in [7, 11) is 1.36. The number of methoxy groups -OCH3 is 1. The fourth-order valence-corrected chi connectivity index (χ4v) is 3.04. The lowest BCUT2D eigenvalue weighted by Crippen LogP contribution is -2.13. The molecule has 0 fully saturated rings. The van der Waals surface area contributed by atoms with Crippen molar-refractivity contribution >= 4 is 17.6 Å². The molecular weight excluding hydrogens is 352 g/mol. The first-order valence-corrected chi connectivity index (χ1v) is 9.06. The van der Waals surface area contributed by atoms with Gasteiger partial charge in [-0.05, 0) is 60.4 Å². The number of esters is 1. The molecule has 1 amide bonds. The van der Waals surface area contributed by atoms with Crippen molar-refractivity contribution in [2.45, 2.75) is 19.8 Å². The summed E-state index contributed by atoms with van der Waals surface area (Å²) in [6.07, 6.45) is 2.65. The highest BCUT2D eigenvalue weighted by atomic mass is 16.5. The van der Waals surface area contributed by atoms with Crippen LogP contribution >= 0.6 is 0 Å². The van der Waals surface area contributed by atoms with Crippen molar-refractivity contribution < 1.29 is 14.3 Å². The summed E-state index contributed by atoms with van der Waals surface area (Å²) in [5.41, 5.74) is 4.67. The van der Waals surface area contributed by atoms with Crippen LogP contribution in [0.15, 0.2) is 66.9 Å². The van der Waals surface area contributed by atoms with Crippen molar-refractivity contribution in [2.75, 3.05) is 12.4 Å². The van der Waals surface area contributed by atoms with Crippen LogP contribution in [0.5, 0.6) is 0 Å². The molecule has 1 heterocycles. The Morgan fingerprint density at radius 2 is 1.82 bits per heavy atom. The van der Waals surface area contributed by atoms with Gasteiger partial charge >= 0.3 is 5.97 Å². The molecule has 3 aromatic rings. The first-order chi connectivity index (χ1) is 13.6. The van der Waals surface area contributed by atoms with Gasteiger partial charge in [0.1, 0.15) is 0 Å². The zero-order valence-electron chi connectivity index (χ0n) is 15.9. The number of carbonyl (C=O) groups is 2. The van der Waals surface area contributed by atoms with Crippen LogP contribution in [0.4, 0.5) is 5.69 Å². The molecule has 0 bridgehead atoms. The van der Waals surface area contributed by atoms with Gasteiger partial charge in [0.15, 0.2) is 0 Å². The summed E-state index contributed by atoms with van der Waals surface area (Å²) in [6.45, 7) is 1.95. The smallest absolute Gasteiger partial charge is 0.338 e. The minimum absolute atomic E-state index is 0.0801. The number of anilines is 1. The number of benzene rings is 2. The minimum Gasteiger partial charge on any atom is -0.465 e. The van der Waals surface area contributed by atoms with E-state index in [4.69, 9.17) is 4.74 Å². The average Bonchev–Trinajstić information content (AvgIpc) is 2.72. The number of rotatable bonds is 6. The SMILES string of the molecule is COC(=O)c1ccccc1-c1cc(C)cc(NC(=O)CCc2ccccn2)c1. The first-order valence-electron chi connectivity index (χ1n) is 9.06. The van der Waals surface area contributed by atoms with E-state index in [9.17, 15) is 9.59 Å². The second kappa shape index (κ2) is 8.95. The van der Waals surface area contributed by atoms with Crippen LogP contribution in [0, 0.1) is 6.92 Å². The molecule has 5 heteroatoms. The lowest BCUT2D eigenvalue weighted by Gasteiger charge is -2.12. The number of carbonyl (C=O) groups excluding carboxylic acids is 2. The zero-order valence-corrected chi connectivity index (χ0v) is 15.9. The van der Waals surface area contributed by atoms with Crippen LogP contribution in [-0.2, 0) is 16.0 Å². The molecule has 5 nitrogen and oxygen atoms in total. The number of amides is 1. The molecule has 1 aromatic heterocycles. The molecule has 0 saturated heterocycles. The summed E-state index contributed by atoms with van der Waals surface area (Å²) in [5.74, 6) is -0.471. The average molecular weight is 374 g/mol. The third kappa shape index (κ3) is 4.82. The molecule has 0 spiro atoms. The Morgan fingerprint density at radius 3 is 2.57 bits per heavy atom. The van der Waals surface area contributed by atoms with E-state index in [-0.39, 0.29) is 5.91 Å². The van der Waals surface area contributed by atoms with Gasteiger partial charge in [0.2, 0.25) is 5.91 Å². The molecule has 0 aliphatic carbocycles. The summed E-state index contributed by atoms with van der Waals surface area (Å²) in [5, 5.41) is 2.94. The van der Waals surface area contributed by atoms with Crippen molar-refractivity contribution in [3.63, 3.8) is 0 Å². The van der Waals surface area contributed by atoms with E-state index in [2.05, 4.69) is 10.3 Å². The summed E-state index contributed by atoms with van der Waals surface area (Å²) in [6, 6.07) is 18.7. The number of aromatic nitrogens is 1. The Labute approximate surface area is 164 Å². The number of pyridine rings is 1. The van der Waals surface area contributed by atoms with Gasteiger partial charge in [0, 0.05) is 24.0 Å². The van der Waals surface area contributed by atoms with Crippen molar-refractivity contribution in [2.24, 2.45) is 0 Å². The standard InChI is InChI=1S/C23H22N2O3/c1-16-13-17(20-8-3-4-9-21(20)23(27)28-2)15-19(14-16)25-22(26)11-10-18-7-5-6-12-24-18/h3-9,12-15H,10-11H2,1-2H3,(H,25,26). The number of aryl methyl sites for hydroxylation is 2. The molecule has 142 valence electrons. The first kappa shape index (κ1) is 19.3. The van der Waals surface area contributed by atoms with E-state index in [1.807, 2.05) is 55.5 Å². The summed E-state index contributed by atoms with van der Waals surface area (Å²) < 4.78 is 4.88. The van der Waals surface area contributed by atoms with Crippen molar-refractivity contribution in [3.05, 3.63) is 83.7 Å². The lowest BCUT2D eigenvalue weighted by atomic mass is 9.97. The Morgan fingerprint density at radius 1 is 1.04 bits per heavy atom. The summed E-state index contributed by atoms with van der Waals surface area (Å²) >= 11 is 0. The molecular formula is C23H22N2O3. The van der Waals surface area contributed by atoms with E-state index in [0.717, 1.165) is 22.4 Å². The monoisotopic (exact) mass is 374 g/mol. The van der Waals surface area contributed by atoms with E-state index in [1.54, 1.807) is 18.3 Å². The maximum atomic E-state index is 12.4. The quantitative estimate of drug-likeness (QED) is 0.649. The van der Waals surface area contributed by atoms with Gasteiger partial charge < -0.3 is 10.1 Å². The van der Waals surface area contributed by atoms with Gasteiger partial charge in [-0.15, -0.1) is 0 Å². The van der Waals surface area contributed by atoms with Crippen LogP contribution < -0.4 is 5.32 Å². The maximum absolute atomic E-state index is 12.4. The Kier molecular flexibility index (Phi) is 6.17. The van der Waals surface area contributed by atoms with Gasteiger partial charge in [-0.2, -0.15) is 0 Å². The van der Waals surface area contributed by atoms with E-state index >= 15 is 0 Å². The van der Waals surface area contributed by atoms with Gasteiger partial charge in [0.25, 0.3) is 0 Å².